The predicted octanol–water partition coefficient (Wildman–Crippen LogP) is 2.29. The van der Waals surface area contributed by atoms with Gasteiger partial charge in [0.05, 0.1) is 7.11 Å². The van der Waals surface area contributed by atoms with Crippen LogP contribution in [0.2, 0.25) is 0 Å². The molecule has 0 aromatic heterocycles. The molecule has 0 saturated heterocycles. The van der Waals surface area contributed by atoms with E-state index in [-0.39, 0.29) is 11.4 Å². The average Bonchev–Trinajstić information content (AvgIpc) is 2.45. The maximum atomic E-state index is 12.0. The summed E-state index contributed by atoms with van der Waals surface area (Å²) in [6.45, 7) is 7.17. The van der Waals surface area contributed by atoms with E-state index in [1.54, 1.807) is 31.2 Å². The summed E-state index contributed by atoms with van der Waals surface area (Å²) in [5, 5.41) is 10.4. The van der Waals surface area contributed by atoms with Crippen LogP contribution in [0, 0.1) is 0 Å². The standard InChI is InChI=1S/C16H24N4O4/c1-10(13(21)20-16(2,3)4)17-14(22)18-11-7-6-8-12(9-11)19-15(23)24-5/h6-10H,1-5H3,(H,19,23)(H,20,21)(H2,17,18,22)/t10-/m0/s1. The zero-order valence-electron chi connectivity index (χ0n) is 14.5. The maximum absolute atomic E-state index is 12.0. The number of amides is 4. The van der Waals surface area contributed by atoms with E-state index in [0.717, 1.165) is 0 Å². The Hall–Kier alpha value is -2.77. The van der Waals surface area contributed by atoms with Gasteiger partial charge in [0.25, 0.3) is 0 Å². The normalized spacial score (nSPS) is 11.9. The van der Waals surface area contributed by atoms with E-state index in [4.69, 9.17) is 0 Å². The highest BCUT2D eigenvalue weighted by molar-refractivity contribution is 5.94. The molecular weight excluding hydrogens is 312 g/mol. The van der Waals surface area contributed by atoms with Crippen molar-refractivity contribution >= 4 is 29.4 Å². The van der Waals surface area contributed by atoms with Crippen LogP contribution in [-0.2, 0) is 9.53 Å². The van der Waals surface area contributed by atoms with Gasteiger partial charge in [0, 0.05) is 16.9 Å². The van der Waals surface area contributed by atoms with Gasteiger partial charge in [-0.3, -0.25) is 10.1 Å². The van der Waals surface area contributed by atoms with E-state index in [2.05, 4.69) is 26.0 Å². The second-order valence-electron chi connectivity index (χ2n) is 6.26. The summed E-state index contributed by atoms with van der Waals surface area (Å²) in [5.41, 5.74) is 0.556. The highest BCUT2D eigenvalue weighted by Gasteiger charge is 2.20. The summed E-state index contributed by atoms with van der Waals surface area (Å²) < 4.78 is 4.50. The molecule has 0 aliphatic carbocycles. The number of nitrogens with one attached hydrogen (secondary N) is 4. The largest absolute Gasteiger partial charge is 0.453 e. The van der Waals surface area contributed by atoms with Gasteiger partial charge in [0.15, 0.2) is 0 Å². The van der Waals surface area contributed by atoms with Gasteiger partial charge in [-0.1, -0.05) is 6.07 Å². The van der Waals surface area contributed by atoms with Crippen molar-refractivity contribution in [1.82, 2.24) is 10.6 Å². The molecule has 0 unspecified atom stereocenters. The van der Waals surface area contributed by atoms with Crippen molar-refractivity contribution in [3.05, 3.63) is 24.3 Å². The number of anilines is 2. The molecule has 0 heterocycles. The van der Waals surface area contributed by atoms with E-state index in [9.17, 15) is 14.4 Å². The Kier molecular flexibility index (Phi) is 6.58. The van der Waals surface area contributed by atoms with Gasteiger partial charge >= 0.3 is 12.1 Å². The molecule has 0 spiro atoms. The van der Waals surface area contributed by atoms with Gasteiger partial charge in [0.2, 0.25) is 5.91 Å². The predicted molar refractivity (Wildman–Crippen MR) is 92.0 cm³/mol. The third-order valence-corrected chi connectivity index (χ3v) is 2.79. The molecule has 132 valence electrons. The Morgan fingerprint density at radius 3 is 2.21 bits per heavy atom. The second kappa shape index (κ2) is 8.19. The van der Waals surface area contributed by atoms with Gasteiger partial charge in [-0.25, -0.2) is 9.59 Å². The van der Waals surface area contributed by atoms with Crippen molar-refractivity contribution < 1.29 is 19.1 Å². The molecule has 0 radical (unpaired) electrons. The lowest BCUT2D eigenvalue weighted by Gasteiger charge is -2.23. The Morgan fingerprint density at radius 2 is 1.67 bits per heavy atom. The molecule has 1 aromatic carbocycles. The number of ether oxygens (including phenoxy) is 1. The van der Waals surface area contributed by atoms with Gasteiger partial charge in [-0.15, -0.1) is 0 Å². The molecule has 0 saturated carbocycles. The molecular formula is C16H24N4O4. The fourth-order valence-electron chi connectivity index (χ4n) is 1.75. The Morgan fingerprint density at radius 1 is 1.08 bits per heavy atom. The molecule has 1 rings (SSSR count). The Labute approximate surface area is 141 Å². The van der Waals surface area contributed by atoms with Crippen molar-refractivity contribution in [2.45, 2.75) is 39.3 Å². The highest BCUT2D eigenvalue weighted by Crippen LogP contribution is 2.15. The zero-order valence-corrected chi connectivity index (χ0v) is 14.5. The number of methoxy groups -OCH3 is 1. The molecule has 0 fully saturated rings. The number of hydrogen-bond acceptors (Lipinski definition) is 4. The fraction of sp³-hybridized carbons (Fsp3) is 0.438. The monoisotopic (exact) mass is 336 g/mol. The number of urea groups is 1. The van der Waals surface area contributed by atoms with E-state index in [1.807, 2.05) is 20.8 Å². The quantitative estimate of drug-likeness (QED) is 0.676. The van der Waals surface area contributed by atoms with Crippen LogP contribution in [0.5, 0.6) is 0 Å². The lowest BCUT2D eigenvalue weighted by Crippen LogP contribution is -2.51. The first-order valence-corrected chi connectivity index (χ1v) is 7.45. The Balaban J connectivity index is 2.60. The lowest BCUT2D eigenvalue weighted by atomic mass is 10.1. The van der Waals surface area contributed by atoms with Crippen molar-refractivity contribution in [2.75, 3.05) is 17.7 Å². The van der Waals surface area contributed by atoms with Crippen molar-refractivity contribution in [2.24, 2.45) is 0 Å². The summed E-state index contributed by atoms with van der Waals surface area (Å²) in [6.07, 6.45) is -0.607. The topological polar surface area (TPSA) is 109 Å². The van der Waals surface area contributed by atoms with Crippen molar-refractivity contribution in [3.63, 3.8) is 0 Å². The molecule has 0 aliphatic rings. The summed E-state index contributed by atoms with van der Waals surface area (Å²) in [4.78, 5) is 35.1. The van der Waals surface area contributed by atoms with Crippen LogP contribution in [-0.4, -0.2) is 36.7 Å². The van der Waals surface area contributed by atoms with Crippen LogP contribution in [0.4, 0.5) is 21.0 Å². The van der Waals surface area contributed by atoms with E-state index in [0.29, 0.717) is 11.4 Å². The number of hydrogen-bond donors (Lipinski definition) is 4. The maximum Gasteiger partial charge on any atom is 0.411 e. The van der Waals surface area contributed by atoms with E-state index < -0.39 is 18.2 Å². The molecule has 1 aromatic rings. The molecule has 0 bridgehead atoms. The van der Waals surface area contributed by atoms with Gasteiger partial charge in [-0.05, 0) is 45.9 Å². The second-order valence-corrected chi connectivity index (χ2v) is 6.26. The summed E-state index contributed by atoms with van der Waals surface area (Å²) >= 11 is 0. The number of rotatable bonds is 4. The molecule has 24 heavy (non-hydrogen) atoms. The minimum atomic E-state index is -0.694. The molecule has 8 heteroatoms. The summed E-state index contributed by atoms with van der Waals surface area (Å²) in [5.74, 6) is -0.279. The van der Waals surface area contributed by atoms with E-state index in [1.165, 1.54) is 7.11 Å². The zero-order chi connectivity index (χ0) is 18.3. The molecule has 0 aliphatic heterocycles. The van der Waals surface area contributed by atoms with Crippen LogP contribution in [0.1, 0.15) is 27.7 Å². The first-order chi connectivity index (χ1) is 11.1. The minimum Gasteiger partial charge on any atom is -0.453 e. The number of carbonyl (C=O) groups is 3. The number of carbonyl (C=O) groups excluding carboxylic acids is 3. The molecule has 4 amide bonds. The smallest absolute Gasteiger partial charge is 0.411 e. The van der Waals surface area contributed by atoms with Gasteiger partial charge < -0.3 is 20.7 Å². The third kappa shape index (κ3) is 6.99. The average molecular weight is 336 g/mol. The summed E-state index contributed by atoms with van der Waals surface area (Å²) in [6, 6.07) is 5.32. The first kappa shape index (κ1) is 19.3. The van der Waals surface area contributed by atoms with Crippen molar-refractivity contribution in [3.8, 4) is 0 Å². The minimum absolute atomic E-state index is 0.279. The van der Waals surface area contributed by atoms with Crippen LogP contribution < -0.4 is 21.3 Å². The third-order valence-electron chi connectivity index (χ3n) is 2.79. The SMILES string of the molecule is COC(=O)Nc1cccc(NC(=O)N[C@@H](C)C(=O)NC(C)(C)C)c1. The van der Waals surface area contributed by atoms with Crippen LogP contribution in [0.25, 0.3) is 0 Å². The van der Waals surface area contributed by atoms with Crippen LogP contribution in [0.15, 0.2) is 24.3 Å². The number of benzene rings is 1. The van der Waals surface area contributed by atoms with Crippen molar-refractivity contribution in [1.29, 1.82) is 0 Å². The van der Waals surface area contributed by atoms with Gasteiger partial charge in [0.1, 0.15) is 6.04 Å². The van der Waals surface area contributed by atoms with E-state index >= 15 is 0 Å². The molecule has 1 atom stereocenters. The molecule has 4 N–H and O–H groups in total. The van der Waals surface area contributed by atoms with Crippen LogP contribution in [0.3, 0.4) is 0 Å². The molecule has 8 nitrogen and oxygen atoms in total. The highest BCUT2D eigenvalue weighted by atomic mass is 16.5. The van der Waals surface area contributed by atoms with Gasteiger partial charge in [-0.2, -0.15) is 0 Å². The summed E-state index contributed by atoms with van der Waals surface area (Å²) in [7, 11) is 1.26. The Bertz CT molecular complexity index is 610. The lowest BCUT2D eigenvalue weighted by molar-refractivity contribution is -0.123. The fourth-order valence-corrected chi connectivity index (χ4v) is 1.75. The first-order valence-electron chi connectivity index (χ1n) is 7.45. The van der Waals surface area contributed by atoms with Crippen LogP contribution >= 0.6 is 0 Å².